The molecule has 6 heteroatoms. The summed E-state index contributed by atoms with van der Waals surface area (Å²) >= 11 is 1.50. The van der Waals surface area contributed by atoms with Crippen molar-refractivity contribution in [2.24, 2.45) is 5.92 Å². The van der Waals surface area contributed by atoms with Gasteiger partial charge in [-0.3, -0.25) is 9.78 Å². The highest BCUT2D eigenvalue weighted by molar-refractivity contribution is 7.13. The summed E-state index contributed by atoms with van der Waals surface area (Å²) in [7, 11) is 0. The third-order valence-electron chi connectivity index (χ3n) is 4.60. The molecule has 0 radical (unpaired) electrons. The molecule has 1 fully saturated rings. The third kappa shape index (κ3) is 3.49. The molecule has 2 aromatic rings. The molecule has 1 atom stereocenters. The monoisotopic (exact) mass is 345 g/mol. The molecule has 0 aromatic carbocycles. The minimum atomic E-state index is -0.555. The molecule has 1 N–H and O–H groups in total. The van der Waals surface area contributed by atoms with Crippen molar-refractivity contribution in [1.29, 1.82) is 0 Å². The lowest BCUT2D eigenvalue weighted by atomic mass is 9.89. The Hall–Kier alpha value is -1.79. The van der Waals surface area contributed by atoms with E-state index in [0.717, 1.165) is 34.8 Å². The van der Waals surface area contributed by atoms with Crippen molar-refractivity contribution in [1.82, 2.24) is 14.9 Å². The number of rotatable bonds is 4. The first-order valence-electron chi connectivity index (χ1n) is 8.44. The Labute approximate surface area is 146 Å². The third-order valence-corrected chi connectivity index (χ3v) is 5.89. The van der Waals surface area contributed by atoms with Crippen LogP contribution in [0, 0.1) is 12.8 Å². The molecule has 3 heterocycles. The first-order valence-corrected chi connectivity index (χ1v) is 9.26. The number of amides is 1. The molecular weight excluding hydrogens is 322 g/mol. The Kier molecular flexibility index (Phi) is 5.26. The van der Waals surface area contributed by atoms with Gasteiger partial charge in [0.2, 0.25) is 0 Å². The van der Waals surface area contributed by atoms with E-state index < -0.39 is 6.10 Å². The predicted octanol–water partition coefficient (Wildman–Crippen LogP) is 2.99. The summed E-state index contributed by atoms with van der Waals surface area (Å²) in [4.78, 5) is 24.1. The van der Waals surface area contributed by atoms with Crippen LogP contribution in [0.5, 0.6) is 0 Å². The minimum absolute atomic E-state index is 0.0791. The van der Waals surface area contributed by atoms with Crippen LogP contribution in [-0.2, 0) is 6.42 Å². The maximum Gasteiger partial charge on any atom is 0.265 e. The smallest absolute Gasteiger partial charge is 0.265 e. The first kappa shape index (κ1) is 17.0. The Bertz CT molecular complexity index is 694. The number of aryl methyl sites for hydroxylation is 2. The molecule has 0 aliphatic carbocycles. The van der Waals surface area contributed by atoms with E-state index in [9.17, 15) is 9.90 Å². The Morgan fingerprint density at radius 3 is 2.75 bits per heavy atom. The predicted molar refractivity (Wildman–Crippen MR) is 94.1 cm³/mol. The molecule has 0 saturated carbocycles. The number of likely N-dealkylation sites (tertiary alicyclic amines) is 1. The highest BCUT2D eigenvalue weighted by atomic mass is 32.1. The Morgan fingerprint density at radius 2 is 2.17 bits per heavy atom. The van der Waals surface area contributed by atoms with E-state index in [-0.39, 0.29) is 11.8 Å². The second-order valence-corrected chi connectivity index (χ2v) is 7.29. The van der Waals surface area contributed by atoms with Crippen LogP contribution in [0.25, 0.3) is 0 Å². The molecule has 0 spiro atoms. The summed E-state index contributed by atoms with van der Waals surface area (Å²) < 4.78 is 0. The molecule has 24 heavy (non-hydrogen) atoms. The first-order chi connectivity index (χ1) is 11.6. The second-order valence-electron chi connectivity index (χ2n) is 6.20. The van der Waals surface area contributed by atoms with Crippen LogP contribution in [0.15, 0.2) is 24.4 Å². The van der Waals surface area contributed by atoms with Crippen LogP contribution >= 0.6 is 11.3 Å². The molecule has 5 nitrogen and oxygen atoms in total. The van der Waals surface area contributed by atoms with Crippen molar-refractivity contribution in [3.05, 3.63) is 45.7 Å². The van der Waals surface area contributed by atoms with Gasteiger partial charge in [0.25, 0.3) is 5.91 Å². The fraction of sp³-hybridized carbons (Fsp3) is 0.500. The highest BCUT2D eigenvalue weighted by Crippen LogP contribution is 2.31. The number of thiazole rings is 1. The summed E-state index contributed by atoms with van der Waals surface area (Å²) in [6, 6.07) is 5.59. The van der Waals surface area contributed by atoms with Crippen molar-refractivity contribution in [3.8, 4) is 0 Å². The summed E-state index contributed by atoms with van der Waals surface area (Å²) in [5.41, 5.74) is 1.55. The second kappa shape index (κ2) is 7.40. The minimum Gasteiger partial charge on any atom is -0.387 e. The zero-order valence-electron chi connectivity index (χ0n) is 14.1. The van der Waals surface area contributed by atoms with Crippen LogP contribution in [0.1, 0.15) is 51.9 Å². The standard InChI is InChI=1S/C18H23N3O2S/c1-3-15-20-12(2)17(24-15)18(23)21-10-7-13(8-11-21)16(22)14-6-4-5-9-19-14/h4-6,9,13,16,22H,3,7-8,10-11H2,1-2H3/t16-/m0/s1. The SMILES string of the molecule is CCc1nc(C)c(C(=O)N2CCC([C@H](O)c3ccccn3)CC2)s1. The number of aromatic nitrogens is 2. The summed E-state index contributed by atoms with van der Waals surface area (Å²) in [5.74, 6) is 0.230. The number of piperidine rings is 1. The van der Waals surface area contributed by atoms with Crippen molar-refractivity contribution >= 4 is 17.2 Å². The van der Waals surface area contributed by atoms with E-state index in [4.69, 9.17) is 0 Å². The maximum atomic E-state index is 12.7. The molecular formula is C18H23N3O2S. The molecule has 0 unspecified atom stereocenters. The zero-order valence-corrected chi connectivity index (χ0v) is 14.9. The van der Waals surface area contributed by atoms with Gasteiger partial charge in [0.15, 0.2) is 0 Å². The fourth-order valence-electron chi connectivity index (χ4n) is 3.16. The van der Waals surface area contributed by atoms with Gasteiger partial charge >= 0.3 is 0 Å². The molecule has 0 bridgehead atoms. The zero-order chi connectivity index (χ0) is 17.1. The van der Waals surface area contributed by atoms with E-state index in [2.05, 4.69) is 16.9 Å². The molecule has 1 amide bonds. The summed E-state index contributed by atoms with van der Waals surface area (Å²) in [5, 5.41) is 11.5. The highest BCUT2D eigenvalue weighted by Gasteiger charge is 2.30. The molecule has 1 aliphatic rings. The molecule has 1 saturated heterocycles. The van der Waals surface area contributed by atoms with Gasteiger partial charge in [-0.2, -0.15) is 0 Å². The van der Waals surface area contributed by atoms with Crippen molar-refractivity contribution in [3.63, 3.8) is 0 Å². The number of hydrogen-bond acceptors (Lipinski definition) is 5. The van der Waals surface area contributed by atoms with E-state index in [0.29, 0.717) is 18.8 Å². The Balaban J connectivity index is 1.62. The van der Waals surface area contributed by atoms with Crippen LogP contribution in [0.2, 0.25) is 0 Å². The average Bonchev–Trinajstić information content (AvgIpc) is 3.02. The van der Waals surface area contributed by atoms with Crippen LogP contribution in [-0.4, -0.2) is 39.0 Å². The quantitative estimate of drug-likeness (QED) is 0.925. The number of nitrogens with zero attached hydrogens (tertiary/aromatic N) is 3. The molecule has 1 aliphatic heterocycles. The van der Waals surface area contributed by atoms with E-state index in [1.54, 1.807) is 6.20 Å². The lowest BCUT2D eigenvalue weighted by Gasteiger charge is -2.33. The van der Waals surface area contributed by atoms with Gasteiger partial charge in [-0.1, -0.05) is 13.0 Å². The average molecular weight is 345 g/mol. The van der Waals surface area contributed by atoms with Crippen molar-refractivity contribution in [2.45, 2.75) is 39.2 Å². The lowest BCUT2D eigenvalue weighted by Crippen LogP contribution is -2.39. The Morgan fingerprint density at radius 1 is 1.42 bits per heavy atom. The largest absolute Gasteiger partial charge is 0.387 e. The van der Waals surface area contributed by atoms with Gasteiger partial charge in [-0.25, -0.2) is 4.98 Å². The van der Waals surface area contributed by atoms with E-state index >= 15 is 0 Å². The van der Waals surface area contributed by atoms with Gasteiger partial charge in [0.1, 0.15) is 4.88 Å². The maximum absolute atomic E-state index is 12.7. The topological polar surface area (TPSA) is 66.3 Å². The van der Waals surface area contributed by atoms with Crippen LogP contribution < -0.4 is 0 Å². The number of carbonyl (C=O) groups excluding carboxylic acids is 1. The normalized spacial score (nSPS) is 17.0. The number of aliphatic hydroxyl groups excluding tert-OH is 1. The lowest BCUT2D eigenvalue weighted by molar-refractivity contribution is 0.0450. The van der Waals surface area contributed by atoms with E-state index in [1.807, 2.05) is 30.0 Å². The van der Waals surface area contributed by atoms with Gasteiger partial charge in [-0.05, 0) is 44.2 Å². The number of pyridine rings is 1. The van der Waals surface area contributed by atoms with Crippen molar-refractivity contribution < 1.29 is 9.90 Å². The fourth-order valence-corrected chi connectivity index (χ4v) is 4.13. The van der Waals surface area contributed by atoms with Gasteiger partial charge < -0.3 is 10.0 Å². The summed E-state index contributed by atoms with van der Waals surface area (Å²) in [6.45, 7) is 5.30. The number of aliphatic hydroxyl groups is 1. The van der Waals surface area contributed by atoms with Crippen molar-refractivity contribution in [2.75, 3.05) is 13.1 Å². The van der Waals surface area contributed by atoms with Gasteiger partial charge in [0.05, 0.1) is 22.5 Å². The molecule has 128 valence electrons. The van der Waals surface area contributed by atoms with Crippen LogP contribution in [0.3, 0.4) is 0 Å². The molecule has 2 aromatic heterocycles. The number of carbonyl (C=O) groups is 1. The number of hydrogen-bond donors (Lipinski definition) is 1. The van der Waals surface area contributed by atoms with Gasteiger partial charge in [-0.15, -0.1) is 11.3 Å². The van der Waals surface area contributed by atoms with Gasteiger partial charge in [0, 0.05) is 19.3 Å². The molecule has 3 rings (SSSR count). The summed E-state index contributed by atoms with van der Waals surface area (Å²) in [6.07, 6.45) is 3.59. The van der Waals surface area contributed by atoms with Crippen LogP contribution in [0.4, 0.5) is 0 Å². The van der Waals surface area contributed by atoms with E-state index in [1.165, 1.54) is 11.3 Å².